The Morgan fingerprint density at radius 2 is 1.46 bits per heavy atom. The Balaban J connectivity index is 1.62. The van der Waals surface area contributed by atoms with Crippen molar-refractivity contribution in [2.45, 2.75) is 25.3 Å². The van der Waals surface area contributed by atoms with Crippen molar-refractivity contribution in [2.75, 3.05) is 5.32 Å². The SMILES string of the molecule is O=C(Nc1ccccc1)c1ccc(C(=O)N[C@H]2CCC[C@H]2C(=O)O)cc1. The molecule has 3 N–H and O–H groups in total. The Morgan fingerprint density at radius 1 is 0.846 bits per heavy atom. The van der Waals surface area contributed by atoms with Gasteiger partial charge in [0.05, 0.1) is 5.92 Å². The number of para-hydroxylation sites is 1. The molecule has 0 aliphatic heterocycles. The molecule has 1 fully saturated rings. The molecule has 2 amide bonds. The number of carbonyl (C=O) groups is 3. The Kier molecular flexibility index (Phi) is 5.31. The molecule has 6 heteroatoms. The number of nitrogens with one attached hydrogen (secondary N) is 2. The van der Waals surface area contributed by atoms with Crippen molar-refractivity contribution in [1.29, 1.82) is 0 Å². The maximum atomic E-state index is 12.3. The van der Waals surface area contributed by atoms with Crippen LogP contribution in [0, 0.1) is 5.92 Å². The lowest BCUT2D eigenvalue weighted by Crippen LogP contribution is -2.40. The summed E-state index contributed by atoms with van der Waals surface area (Å²) in [5.74, 6) is -1.99. The number of carboxylic acids is 1. The van der Waals surface area contributed by atoms with Gasteiger partial charge in [0.25, 0.3) is 11.8 Å². The summed E-state index contributed by atoms with van der Waals surface area (Å²) in [6.07, 6.45) is 2.04. The van der Waals surface area contributed by atoms with E-state index in [1.165, 1.54) is 0 Å². The van der Waals surface area contributed by atoms with Gasteiger partial charge in [-0.15, -0.1) is 0 Å². The fourth-order valence-corrected chi connectivity index (χ4v) is 3.18. The van der Waals surface area contributed by atoms with E-state index in [1.807, 2.05) is 18.2 Å². The number of carboxylic acid groups (broad SMARTS) is 1. The second-order valence-electron chi connectivity index (χ2n) is 6.35. The van der Waals surface area contributed by atoms with Gasteiger partial charge in [-0.25, -0.2) is 0 Å². The number of rotatable bonds is 5. The van der Waals surface area contributed by atoms with Crippen LogP contribution in [0.4, 0.5) is 5.69 Å². The largest absolute Gasteiger partial charge is 0.481 e. The lowest BCUT2D eigenvalue weighted by atomic mass is 10.0. The van der Waals surface area contributed by atoms with Gasteiger partial charge in [0.1, 0.15) is 0 Å². The van der Waals surface area contributed by atoms with E-state index in [4.69, 9.17) is 0 Å². The minimum atomic E-state index is -0.874. The molecular formula is C20H20N2O4. The molecule has 1 aliphatic carbocycles. The van der Waals surface area contributed by atoms with Gasteiger partial charge >= 0.3 is 5.97 Å². The van der Waals surface area contributed by atoms with Crippen molar-refractivity contribution in [3.8, 4) is 0 Å². The Morgan fingerprint density at radius 3 is 2.08 bits per heavy atom. The van der Waals surface area contributed by atoms with Gasteiger partial charge in [0, 0.05) is 22.9 Å². The van der Waals surface area contributed by atoms with E-state index in [-0.39, 0.29) is 17.9 Å². The second kappa shape index (κ2) is 7.82. The minimum absolute atomic E-state index is 0.259. The Labute approximate surface area is 151 Å². The highest BCUT2D eigenvalue weighted by molar-refractivity contribution is 6.05. The average molecular weight is 352 g/mol. The summed E-state index contributed by atoms with van der Waals surface area (Å²) < 4.78 is 0. The first-order valence-corrected chi connectivity index (χ1v) is 8.55. The van der Waals surface area contributed by atoms with Crippen molar-refractivity contribution >= 4 is 23.5 Å². The highest BCUT2D eigenvalue weighted by Gasteiger charge is 2.33. The maximum absolute atomic E-state index is 12.3. The van der Waals surface area contributed by atoms with Gasteiger partial charge in [-0.05, 0) is 49.2 Å². The number of benzene rings is 2. The number of hydrogen-bond donors (Lipinski definition) is 3. The molecule has 1 aliphatic rings. The summed E-state index contributed by atoms with van der Waals surface area (Å²) in [7, 11) is 0. The molecule has 0 aromatic heterocycles. The molecule has 2 aromatic carbocycles. The fraction of sp³-hybridized carbons (Fsp3) is 0.250. The van der Waals surface area contributed by atoms with E-state index in [2.05, 4.69) is 10.6 Å². The van der Waals surface area contributed by atoms with Crippen molar-refractivity contribution in [3.05, 3.63) is 65.7 Å². The molecule has 134 valence electrons. The molecule has 3 rings (SSSR count). The van der Waals surface area contributed by atoms with Gasteiger partial charge in [0.15, 0.2) is 0 Å². The molecule has 0 bridgehead atoms. The summed E-state index contributed by atoms with van der Waals surface area (Å²) in [6.45, 7) is 0. The predicted molar refractivity (Wildman–Crippen MR) is 97.1 cm³/mol. The predicted octanol–water partition coefficient (Wildman–Crippen LogP) is 2.92. The van der Waals surface area contributed by atoms with E-state index >= 15 is 0 Å². The number of aliphatic carboxylic acids is 1. The molecule has 6 nitrogen and oxygen atoms in total. The molecule has 0 unspecified atom stereocenters. The molecule has 0 saturated heterocycles. The normalized spacial score (nSPS) is 18.9. The van der Waals surface area contributed by atoms with Crippen LogP contribution in [0.25, 0.3) is 0 Å². The van der Waals surface area contributed by atoms with E-state index in [9.17, 15) is 19.5 Å². The molecule has 2 aromatic rings. The first kappa shape index (κ1) is 17.7. The van der Waals surface area contributed by atoms with E-state index in [1.54, 1.807) is 36.4 Å². The summed E-state index contributed by atoms with van der Waals surface area (Å²) >= 11 is 0. The third-order valence-corrected chi connectivity index (χ3v) is 4.59. The van der Waals surface area contributed by atoms with Crippen LogP contribution >= 0.6 is 0 Å². The van der Waals surface area contributed by atoms with Crippen LogP contribution in [-0.2, 0) is 4.79 Å². The van der Waals surface area contributed by atoms with Crippen LogP contribution in [0.5, 0.6) is 0 Å². The fourth-order valence-electron chi connectivity index (χ4n) is 3.18. The van der Waals surface area contributed by atoms with Gasteiger partial charge in [0.2, 0.25) is 0 Å². The highest BCUT2D eigenvalue weighted by Crippen LogP contribution is 2.26. The number of anilines is 1. The summed E-state index contributed by atoms with van der Waals surface area (Å²) in [5.41, 5.74) is 1.53. The summed E-state index contributed by atoms with van der Waals surface area (Å²) in [5, 5.41) is 14.8. The van der Waals surface area contributed by atoms with Gasteiger partial charge in [-0.1, -0.05) is 24.6 Å². The lowest BCUT2D eigenvalue weighted by molar-refractivity contribution is -0.142. The summed E-state index contributed by atoms with van der Waals surface area (Å²) in [6, 6.07) is 15.1. The van der Waals surface area contributed by atoms with E-state index in [0.29, 0.717) is 29.7 Å². The molecule has 0 radical (unpaired) electrons. The maximum Gasteiger partial charge on any atom is 0.308 e. The monoisotopic (exact) mass is 352 g/mol. The van der Waals surface area contributed by atoms with Crippen LogP contribution in [-0.4, -0.2) is 28.9 Å². The van der Waals surface area contributed by atoms with Crippen LogP contribution in [0.3, 0.4) is 0 Å². The average Bonchev–Trinajstić information content (AvgIpc) is 3.11. The zero-order chi connectivity index (χ0) is 18.5. The molecular weight excluding hydrogens is 332 g/mol. The Bertz CT molecular complexity index is 802. The smallest absolute Gasteiger partial charge is 0.308 e. The van der Waals surface area contributed by atoms with Crippen LogP contribution in [0.1, 0.15) is 40.0 Å². The third-order valence-electron chi connectivity index (χ3n) is 4.59. The van der Waals surface area contributed by atoms with Crippen molar-refractivity contribution < 1.29 is 19.5 Å². The standard InChI is InChI=1S/C20H20N2O4/c23-18(21-15-5-2-1-3-6-15)13-9-11-14(12-10-13)19(24)22-17-8-4-7-16(17)20(25)26/h1-3,5-6,9-12,16-17H,4,7-8H2,(H,21,23)(H,22,24)(H,25,26)/t16-,17+/m1/s1. The molecule has 0 spiro atoms. The zero-order valence-corrected chi connectivity index (χ0v) is 14.1. The summed E-state index contributed by atoms with van der Waals surface area (Å²) in [4.78, 5) is 35.8. The zero-order valence-electron chi connectivity index (χ0n) is 14.1. The van der Waals surface area contributed by atoms with Gasteiger partial charge < -0.3 is 15.7 Å². The quantitative estimate of drug-likeness (QED) is 0.771. The Hall–Kier alpha value is -3.15. The van der Waals surface area contributed by atoms with Gasteiger partial charge in [-0.2, -0.15) is 0 Å². The number of hydrogen-bond acceptors (Lipinski definition) is 3. The molecule has 1 saturated carbocycles. The number of carbonyl (C=O) groups excluding carboxylic acids is 2. The van der Waals surface area contributed by atoms with Crippen LogP contribution < -0.4 is 10.6 Å². The topological polar surface area (TPSA) is 95.5 Å². The molecule has 26 heavy (non-hydrogen) atoms. The van der Waals surface area contributed by atoms with Gasteiger partial charge in [-0.3, -0.25) is 14.4 Å². The van der Waals surface area contributed by atoms with Crippen LogP contribution in [0.15, 0.2) is 54.6 Å². The molecule has 2 atom stereocenters. The molecule has 0 heterocycles. The third kappa shape index (κ3) is 4.08. The van der Waals surface area contributed by atoms with E-state index in [0.717, 1.165) is 6.42 Å². The lowest BCUT2D eigenvalue weighted by Gasteiger charge is -2.17. The van der Waals surface area contributed by atoms with Crippen molar-refractivity contribution in [1.82, 2.24) is 5.32 Å². The minimum Gasteiger partial charge on any atom is -0.481 e. The van der Waals surface area contributed by atoms with E-state index < -0.39 is 11.9 Å². The van der Waals surface area contributed by atoms with Crippen molar-refractivity contribution in [3.63, 3.8) is 0 Å². The first-order chi connectivity index (χ1) is 12.5. The number of amides is 2. The van der Waals surface area contributed by atoms with Crippen LogP contribution in [0.2, 0.25) is 0 Å². The second-order valence-corrected chi connectivity index (χ2v) is 6.35. The first-order valence-electron chi connectivity index (χ1n) is 8.55. The highest BCUT2D eigenvalue weighted by atomic mass is 16.4. The van der Waals surface area contributed by atoms with Crippen molar-refractivity contribution in [2.24, 2.45) is 5.92 Å².